The van der Waals surface area contributed by atoms with Crippen LogP contribution in [0.2, 0.25) is 0 Å². The predicted octanol–water partition coefficient (Wildman–Crippen LogP) is 4.16. The highest BCUT2D eigenvalue weighted by molar-refractivity contribution is 5.95. The number of nitrogens with zero attached hydrogens (tertiary/aromatic N) is 6. The number of H-pyrrole nitrogens is 1. The molecular weight excluding hydrogens is 483 g/mol. The van der Waals surface area contributed by atoms with Gasteiger partial charge in [-0.2, -0.15) is 13.2 Å². The largest absolute Gasteiger partial charge is 0.417 e. The SMILES string of the molecule is CN(C)C1CCN(c2ccc(CNc3ncc(N)c(-c4c[nH]c5ncc(C(F)(F)F)cc45)n3)cn2)CC1. The van der Waals surface area contributed by atoms with Crippen LogP contribution in [0.15, 0.2) is 43.0 Å². The lowest BCUT2D eigenvalue weighted by atomic mass is 10.0. The fraction of sp³-hybridized carbons (Fsp3) is 0.360. The van der Waals surface area contributed by atoms with Crippen molar-refractivity contribution in [3.05, 3.63) is 54.1 Å². The van der Waals surface area contributed by atoms with Crippen molar-refractivity contribution < 1.29 is 13.2 Å². The molecule has 194 valence electrons. The van der Waals surface area contributed by atoms with Crippen LogP contribution in [0.5, 0.6) is 0 Å². The van der Waals surface area contributed by atoms with Crippen LogP contribution >= 0.6 is 0 Å². The van der Waals surface area contributed by atoms with Crippen molar-refractivity contribution >= 4 is 28.5 Å². The van der Waals surface area contributed by atoms with Gasteiger partial charge in [0.1, 0.15) is 17.2 Å². The molecule has 9 nitrogen and oxygen atoms in total. The maximum Gasteiger partial charge on any atom is 0.417 e. The summed E-state index contributed by atoms with van der Waals surface area (Å²) in [5, 5.41) is 3.43. The van der Waals surface area contributed by atoms with Gasteiger partial charge in [0.15, 0.2) is 0 Å². The molecule has 5 rings (SSSR count). The average Bonchev–Trinajstić information content (AvgIpc) is 3.31. The number of rotatable bonds is 6. The second kappa shape index (κ2) is 9.85. The van der Waals surface area contributed by atoms with Crippen molar-refractivity contribution in [2.45, 2.75) is 31.6 Å². The van der Waals surface area contributed by atoms with E-state index in [1.165, 1.54) is 6.20 Å². The van der Waals surface area contributed by atoms with E-state index in [1.807, 2.05) is 18.3 Å². The van der Waals surface area contributed by atoms with E-state index in [0.717, 1.165) is 49.6 Å². The molecule has 1 aliphatic rings. The van der Waals surface area contributed by atoms with E-state index in [1.54, 1.807) is 6.20 Å². The molecule has 0 radical (unpaired) electrons. The van der Waals surface area contributed by atoms with E-state index < -0.39 is 11.7 Å². The van der Waals surface area contributed by atoms with Crippen molar-refractivity contribution in [3.8, 4) is 11.3 Å². The Morgan fingerprint density at radius 3 is 2.57 bits per heavy atom. The molecule has 0 atom stereocenters. The topological polar surface area (TPSA) is 112 Å². The molecule has 4 N–H and O–H groups in total. The standard InChI is InChI=1S/C25H28F3N9/c1-36(2)17-5-7-37(8-6-17)21-4-3-15(10-30-21)11-33-24-34-14-20(29)22(35-24)19-13-32-23-18(19)9-16(12-31-23)25(26,27)28/h3-4,9-10,12-14,17H,5-8,11,29H2,1-2H3,(H,31,32)(H,33,34,35). The van der Waals surface area contributed by atoms with E-state index in [2.05, 4.69) is 54.1 Å². The highest BCUT2D eigenvalue weighted by Gasteiger charge is 2.31. The van der Waals surface area contributed by atoms with E-state index in [4.69, 9.17) is 5.73 Å². The second-order valence-corrected chi connectivity index (χ2v) is 9.38. The monoisotopic (exact) mass is 511 g/mol. The van der Waals surface area contributed by atoms with Gasteiger partial charge in [-0.3, -0.25) is 0 Å². The Labute approximate surface area is 211 Å². The van der Waals surface area contributed by atoms with Crippen LogP contribution in [0.1, 0.15) is 24.0 Å². The molecule has 0 aliphatic carbocycles. The van der Waals surface area contributed by atoms with Gasteiger partial charge in [0.2, 0.25) is 5.95 Å². The molecule has 0 aromatic carbocycles. The first-order valence-electron chi connectivity index (χ1n) is 12.0. The van der Waals surface area contributed by atoms with Gasteiger partial charge in [-0.25, -0.2) is 19.9 Å². The van der Waals surface area contributed by atoms with Gasteiger partial charge in [-0.1, -0.05) is 6.07 Å². The Morgan fingerprint density at radius 1 is 1.11 bits per heavy atom. The molecule has 37 heavy (non-hydrogen) atoms. The molecule has 0 bridgehead atoms. The van der Waals surface area contributed by atoms with Crippen LogP contribution in [0.3, 0.4) is 0 Å². The normalized spacial score (nSPS) is 15.0. The van der Waals surface area contributed by atoms with E-state index in [-0.39, 0.29) is 11.1 Å². The highest BCUT2D eigenvalue weighted by Crippen LogP contribution is 2.35. The molecule has 4 aromatic rings. The third kappa shape index (κ3) is 5.29. The number of hydrogen-bond acceptors (Lipinski definition) is 8. The lowest BCUT2D eigenvalue weighted by molar-refractivity contribution is -0.137. The predicted molar refractivity (Wildman–Crippen MR) is 137 cm³/mol. The summed E-state index contributed by atoms with van der Waals surface area (Å²) >= 11 is 0. The van der Waals surface area contributed by atoms with Gasteiger partial charge in [0, 0.05) is 55.2 Å². The summed E-state index contributed by atoms with van der Waals surface area (Å²) in [4.78, 5) is 24.7. The molecule has 12 heteroatoms. The molecule has 1 saturated heterocycles. The van der Waals surface area contributed by atoms with Crippen LogP contribution in [-0.4, -0.2) is 63.0 Å². The Hall–Kier alpha value is -3.93. The summed E-state index contributed by atoms with van der Waals surface area (Å²) in [5.74, 6) is 1.26. The molecule has 5 heterocycles. The van der Waals surface area contributed by atoms with Crippen LogP contribution in [0, 0.1) is 0 Å². The molecule has 4 aromatic heterocycles. The molecule has 1 fully saturated rings. The summed E-state index contributed by atoms with van der Waals surface area (Å²) < 4.78 is 39.6. The summed E-state index contributed by atoms with van der Waals surface area (Å²) in [6, 6.07) is 5.67. The number of aromatic nitrogens is 5. The molecular formula is C25H28F3N9. The number of hydrogen-bond donors (Lipinski definition) is 3. The Bertz CT molecular complexity index is 1370. The lowest BCUT2D eigenvalue weighted by Gasteiger charge is -2.35. The lowest BCUT2D eigenvalue weighted by Crippen LogP contribution is -2.42. The van der Waals surface area contributed by atoms with Gasteiger partial charge in [-0.05, 0) is 44.6 Å². The van der Waals surface area contributed by atoms with E-state index >= 15 is 0 Å². The number of alkyl halides is 3. The molecule has 0 spiro atoms. The first-order chi connectivity index (χ1) is 17.7. The molecule has 0 amide bonds. The van der Waals surface area contributed by atoms with E-state index in [0.29, 0.717) is 35.4 Å². The van der Waals surface area contributed by atoms with Gasteiger partial charge >= 0.3 is 6.18 Å². The second-order valence-electron chi connectivity index (χ2n) is 9.38. The molecule has 1 aliphatic heterocycles. The summed E-state index contributed by atoms with van der Waals surface area (Å²) in [7, 11) is 4.24. The van der Waals surface area contributed by atoms with Crippen LogP contribution in [0.25, 0.3) is 22.3 Å². The zero-order valence-electron chi connectivity index (χ0n) is 20.5. The molecule has 0 saturated carbocycles. The van der Waals surface area contributed by atoms with Crippen LogP contribution < -0.4 is 16.0 Å². The zero-order valence-corrected chi connectivity index (χ0v) is 20.5. The number of aromatic amines is 1. The minimum Gasteiger partial charge on any atom is -0.396 e. The summed E-state index contributed by atoms with van der Waals surface area (Å²) in [5.41, 5.74) is 7.48. The zero-order chi connectivity index (χ0) is 26.2. The van der Waals surface area contributed by atoms with Crippen molar-refractivity contribution in [1.82, 2.24) is 29.8 Å². The van der Waals surface area contributed by atoms with Gasteiger partial charge in [0.05, 0.1) is 17.4 Å². The van der Waals surface area contributed by atoms with Gasteiger partial charge in [-0.15, -0.1) is 0 Å². The Morgan fingerprint density at radius 2 is 1.89 bits per heavy atom. The third-order valence-corrected chi connectivity index (χ3v) is 6.71. The first kappa shape index (κ1) is 24.8. The minimum atomic E-state index is -4.51. The number of nitrogen functional groups attached to an aromatic ring is 1. The van der Waals surface area contributed by atoms with Crippen molar-refractivity contribution in [3.63, 3.8) is 0 Å². The summed E-state index contributed by atoms with van der Waals surface area (Å²) in [6.07, 6.45) is 3.31. The number of nitrogens with two attached hydrogens (primary N) is 1. The first-order valence-corrected chi connectivity index (χ1v) is 12.0. The molecule has 0 unspecified atom stereocenters. The number of halogens is 3. The maximum absolute atomic E-state index is 13.2. The number of anilines is 3. The average molecular weight is 512 g/mol. The Balaban J connectivity index is 1.29. The Kier molecular flexibility index (Phi) is 6.59. The fourth-order valence-electron chi connectivity index (χ4n) is 4.55. The fourth-order valence-corrected chi connectivity index (χ4v) is 4.55. The van der Waals surface area contributed by atoms with E-state index in [9.17, 15) is 13.2 Å². The number of pyridine rings is 2. The highest BCUT2D eigenvalue weighted by atomic mass is 19.4. The van der Waals surface area contributed by atoms with Crippen molar-refractivity contribution in [2.24, 2.45) is 0 Å². The van der Waals surface area contributed by atoms with Gasteiger partial charge < -0.3 is 25.8 Å². The van der Waals surface area contributed by atoms with Crippen molar-refractivity contribution in [1.29, 1.82) is 0 Å². The van der Waals surface area contributed by atoms with Crippen LogP contribution in [0.4, 0.5) is 30.6 Å². The van der Waals surface area contributed by atoms with Crippen LogP contribution in [-0.2, 0) is 12.7 Å². The van der Waals surface area contributed by atoms with Crippen molar-refractivity contribution in [2.75, 3.05) is 43.1 Å². The minimum absolute atomic E-state index is 0.243. The number of piperidine rings is 1. The smallest absolute Gasteiger partial charge is 0.396 e. The maximum atomic E-state index is 13.2. The number of fused-ring (bicyclic) bond motifs is 1. The number of nitrogens with one attached hydrogen (secondary N) is 2. The summed E-state index contributed by atoms with van der Waals surface area (Å²) in [6.45, 7) is 2.37. The van der Waals surface area contributed by atoms with Gasteiger partial charge in [0.25, 0.3) is 0 Å². The third-order valence-electron chi connectivity index (χ3n) is 6.71. The quantitative estimate of drug-likeness (QED) is 0.354.